The van der Waals surface area contributed by atoms with E-state index in [-0.39, 0.29) is 17.6 Å². The van der Waals surface area contributed by atoms with E-state index >= 15 is 0 Å². The lowest BCUT2D eigenvalue weighted by molar-refractivity contribution is -0.134. The van der Waals surface area contributed by atoms with Gasteiger partial charge in [0.2, 0.25) is 5.91 Å². The second-order valence-corrected chi connectivity index (χ2v) is 8.34. The number of rotatable bonds is 6. The van der Waals surface area contributed by atoms with Crippen molar-refractivity contribution in [3.8, 4) is 0 Å². The van der Waals surface area contributed by atoms with Gasteiger partial charge < -0.3 is 4.90 Å². The predicted molar refractivity (Wildman–Crippen MR) is 104 cm³/mol. The Bertz CT molecular complexity index is 770. The topological polar surface area (TPSA) is 50.3 Å². The molecule has 1 amide bonds. The molecule has 1 aliphatic rings. The molecule has 1 atom stereocenters. The number of benzene rings is 1. The molecular formula is C21H26N2O2S. The Morgan fingerprint density at radius 1 is 1.23 bits per heavy atom. The highest BCUT2D eigenvalue weighted by Gasteiger charge is 2.28. The number of hydrogen-bond acceptors (Lipinski definition) is 4. The Kier molecular flexibility index (Phi) is 6.20. The zero-order chi connectivity index (χ0) is 18.5. The molecule has 0 bridgehead atoms. The van der Waals surface area contributed by atoms with Gasteiger partial charge in [-0.1, -0.05) is 30.3 Å². The molecule has 138 valence electrons. The standard InChI is InChI=1S/C21H26N2O2S/c1-15-20(26-16(2)22-15)13-21(25)23-12-6-9-18(14-23)19(24)11-10-17-7-4-3-5-8-17/h3-5,7-8,18H,6,9-14H2,1-2H3/t18-/m0/s1. The molecule has 1 aromatic heterocycles. The molecule has 1 aliphatic heterocycles. The van der Waals surface area contributed by atoms with Crippen LogP contribution in [0.15, 0.2) is 30.3 Å². The first-order chi connectivity index (χ1) is 12.5. The van der Waals surface area contributed by atoms with E-state index in [0.717, 1.165) is 41.4 Å². The first-order valence-electron chi connectivity index (χ1n) is 9.30. The monoisotopic (exact) mass is 370 g/mol. The molecule has 5 heteroatoms. The molecule has 1 saturated heterocycles. The maximum absolute atomic E-state index is 12.7. The van der Waals surface area contributed by atoms with E-state index in [1.54, 1.807) is 11.3 Å². The van der Waals surface area contributed by atoms with Gasteiger partial charge in [-0.3, -0.25) is 9.59 Å². The zero-order valence-electron chi connectivity index (χ0n) is 15.5. The summed E-state index contributed by atoms with van der Waals surface area (Å²) in [5.41, 5.74) is 2.15. The van der Waals surface area contributed by atoms with Gasteiger partial charge in [-0.25, -0.2) is 4.98 Å². The summed E-state index contributed by atoms with van der Waals surface area (Å²) in [4.78, 5) is 32.6. The minimum atomic E-state index is -0.0132. The average Bonchev–Trinajstić information content (AvgIpc) is 2.97. The normalized spacial score (nSPS) is 17.3. The molecule has 2 aromatic rings. The summed E-state index contributed by atoms with van der Waals surface area (Å²) < 4.78 is 0. The third-order valence-electron chi connectivity index (χ3n) is 5.04. The molecule has 0 radical (unpaired) electrons. The fourth-order valence-electron chi connectivity index (χ4n) is 3.57. The first-order valence-corrected chi connectivity index (χ1v) is 10.1. The number of aryl methyl sites for hydroxylation is 3. The van der Waals surface area contributed by atoms with Crippen LogP contribution in [0.3, 0.4) is 0 Å². The molecule has 1 fully saturated rings. The number of aromatic nitrogens is 1. The van der Waals surface area contributed by atoms with Crippen molar-refractivity contribution in [3.63, 3.8) is 0 Å². The van der Waals surface area contributed by atoms with Gasteiger partial charge >= 0.3 is 0 Å². The van der Waals surface area contributed by atoms with Crippen molar-refractivity contribution in [2.75, 3.05) is 13.1 Å². The molecule has 26 heavy (non-hydrogen) atoms. The largest absolute Gasteiger partial charge is 0.342 e. The van der Waals surface area contributed by atoms with Gasteiger partial charge in [0, 0.05) is 30.3 Å². The average molecular weight is 371 g/mol. The molecule has 0 unspecified atom stereocenters. The molecule has 1 aromatic carbocycles. The van der Waals surface area contributed by atoms with Crippen LogP contribution in [0.1, 0.15) is 40.4 Å². The number of nitrogens with zero attached hydrogens (tertiary/aromatic N) is 2. The fourth-order valence-corrected chi connectivity index (χ4v) is 4.50. The summed E-state index contributed by atoms with van der Waals surface area (Å²) in [5.74, 6) is 0.397. The van der Waals surface area contributed by atoms with Crippen LogP contribution < -0.4 is 0 Å². The predicted octanol–water partition coefficient (Wildman–Crippen LogP) is 3.74. The third-order valence-corrected chi connectivity index (χ3v) is 6.12. The highest BCUT2D eigenvalue weighted by Crippen LogP contribution is 2.23. The van der Waals surface area contributed by atoms with Crippen LogP contribution in [0.4, 0.5) is 0 Å². The molecule has 4 nitrogen and oxygen atoms in total. The molecular weight excluding hydrogens is 344 g/mol. The van der Waals surface area contributed by atoms with Crippen molar-refractivity contribution >= 4 is 23.0 Å². The number of thiazole rings is 1. The molecule has 0 aliphatic carbocycles. The van der Waals surface area contributed by atoms with E-state index < -0.39 is 0 Å². The summed E-state index contributed by atoms with van der Waals surface area (Å²) in [6.45, 7) is 5.26. The van der Waals surface area contributed by atoms with Gasteiger partial charge in [0.25, 0.3) is 0 Å². The van der Waals surface area contributed by atoms with Crippen molar-refractivity contribution < 1.29 is 9.59 Å². The van der Waals surface area contributed by atoms with E-state index in [2.05, 4.69) is 17.1 Å². The minimum Gasteiger partial charge on any atom is -0.342 e. The van der Waals surface area contributed by atoms with E-state index in [4.69, 9.17) is 0 Å². The van der Waals surface area contributed by atoms with Crippen LogP contribution in [0.25, 0.3) is 0 Å². The van der Waals surface area contributed by atoms with Gasteiger partial charge in [-0.05, 0) is 38.7 Å². The molecule has 0 N–H and O–H groups in total. The number of carbonyl (C=O) groups excluding carboxylic acids is 2. The fraction of sp³-hybridized carbons (Fsp3) is 0.476. The lowest BCUT2D eigenvalue weighted by Gasteiger charge is -2.32. The highest BCUT2D eigenvalue weighted by atomic mass is 32.1. The van der Waals surface area contributed by atoms with Gasteiger partial charge in [0.05, 0.1) is 17.1 Å². The van der Waals surface area contributed by atoms with Crippen LogP contribution in [-0.2, 0) is 22.4 Å². The van der Waals surface area contributed by atoms with Crippen molar-refractivity contribution in [2.45, 2.75) is 46.0 Å². The van der Waals surface area contributed by atoms with Crippen LogP contribution in [0.5, 0.6) is 0 Å². The van der Waals surface area contributed by atoms with Gasteiger partial charge in [-0.15, -0.1) is 11.3 Å². The summed E-state index contributed by atoms with van der Waals surface area (Å²) in [5, 5.41) is 0.998. The summed E-state index contributed by atoms with van der Waals surface area (Å²) >= 11 is 1.59. The van der Waals surface area contributed by atoms with Crippen molar-refractivity contribution in [1.29, 1.82) is 0 Å². The number of Topliss-reactive ketones (excluding diaryl/α,β-unsaturated/α-hetero) is 1. The van der Waals surface area contributed by atoms with E-state index in [9.17, 15) is 9.59 Å². The Hall–Kier alpha value is -2.01. The van der Waals surface area contributed by atoms with Gasteiger partial charge in [0.1, 0.15) is 5.78 Å². The van der Waals surface area contributed by atoms with Crippen LogP contribution >= 0.6 is 11.3 Å². The van der Waals surface area contributed by atoms with Crippen LogP contribution in [0, 0.1) is 19.8 Å². The first kappa shape index (κ1) is 18.8. The van der Waals surface area contributed by atoms with Gasteiger partial charge in [0.15, 0.2) is 0 Å². The minimum absolute atomic E-state index is 0.0132. The van der Waals surface area contributed by atoms with E-state index in [1.165, 1.54) is 5.56 Å². The number of hydrogen-bond donors (Lipinski definition) is 0. The van der Waals surface area contributed by atoms with Crippen LogP contribution in [-0.4, -0.2) is 34.7 Å². The van der Waals surface area contributed by atoms with E-state index in [0.29, 0.717) is 19.4 Å². The quantitative estimate of drug-likeness (QED) is 0.778. The maximum atomic E-state index is 12.7. The number of likely N-dealkylation sites (tertiary alicyclic amines) is 1. The van der Waals surface area contributed by atoms with Crippen molar-refractivity contribution in [2.24, 2.45) is 5.92 Å². The second-order valence-electron chi connectivity index (χ2n) is 7.05. The SMILES string of the molecule is Cc1nc(C)c(CC(=O)N2CCC[C@H](C(=O)CCc3ccccc3)C2)s1. The van der Waals surface area contributed by atoms with E-state index in [1.807, 2.05) is 36.9 Å². The summed E-state index contributed by atoms with van der Waals surface area (Å²) in [7, 11) is 0. The zero-order valence-corrected chi connectivity index (χ0v) is 16.3. The number of amides is 1. The van der Waals surface area contributed by atoms with Gasteiger partial charge in [-0.2, -0.15) is 0 Å². The number of ketones is 1. The second kappa shape index (κ2) is 8.58. The molecule has 3 rings (SSSR count). The lowest BCUT2D eigenvalue weighted by Crippen LogP contribution is -2.43. The number of piperidine rings is 1. The highest BCUT2D eigenvalue weighted by molar-refractivity contribution is 7.11. The smallest absolute Gasteiger partial charge is 0.227 e. The molecule has 2 heterocycles. The van der Waals surface area contributed by atoms with Crippen LogP contribution in [0.2, 0.25) is 0 Å². The maximum Gasteiger partial charge on any atom is 0.227 e. The summed E-state index contributed by atoms with van der Waals surface area (Å²) in [6.07, 6.45) is 3.56. The molecule has 0 saturated carbocycles. The molecule has 0 spiro atoms. The Morgan fingerprint density at radius 3 is 2.69 bits per heavy atom. The Morgan fingerprint density at radius 2 is 2.00 bits per heavy atom. The van der Waals surface area contributed by atoms with Crippen molar-refractivity contribution in [3.05, 3.63) is 51.5 Å². The third kappa shape index (κ3) is 4.79. The van der Waals surface area contributed by atoms with Crippen molar-refractivity contribution in [1.82, 2.24) is 9.88 Å². The lowest BCUT2D eigenvalue weighted by atomic mass is 9.90. The Labute approximate surface area is 159 Å². The number of carbonyl (C=O) groups is 2. The Balaban J connectivity index is 1.53. The summed E-state index contributed by atoms with van der Waals surface area (Å²) in [6, 6.07) is 10.1.